The van der Waals surface area contributed by atoms with Gasteiger partial charge in [-0.2, -0.15) is 0 Å². The Morgan fingerprint density at radius 3 is 2.95 bits per heavy atom. The molecule has 0 aromatic heterocycles. The number of halogens is 1. The fraction of sp³-hybridized carbons (Fsp3) is 0.600. The Hall–Kier alpha value is -1.53. The Morgan fingerprint density at radius 2 is 2.33 bits per heavy atom. The van der Waals surface area contributed by atoms with Crippen LogP contribution in [0.4, 0.5) is 10.1 Å². The smallest absolute Gasteiger partial charge is 0.274 e. The molecule has 2 atom stereocenters. The minimum Gasteiger partial charge on any atom is -0.394 e. The lowest BCUT2D eigenvalue weighted by atomic mass is 9.76. The molecule has 116 valence electrons. The Kier molecular flexibility index (Phi) is 4.90. The topological polar surface area (TPSA) is 75.4 Å². The zero-order chi connectivity index (χ0) is 15.5. The largest absolute Gasteiger partial charge is 0.394 e. The Morgan fingerprint density at radius 1 is 1.57 bits per heavy atom. The van der Waals surface area contributed by atoms with Gasteiger partial charge < -0.3 is 10.4 Å². The van der Waals surface area contributed by atoms with Crippen LogP contribution in [0.1, 0.15) is 38.2 Å². The summed E-state index contributed by atoms with van der Waals surface area (Å²) in [4.78, 5) is 10.5. The van der Waals surface area contributed by atoms with E-state index in [1.54, 1.807) is 0 Å². The highest BCUT2D eigenvalue weighted by atomic mass is 19.1. The van der Waals surface area contributed by atoms with Gasteiger partial charge in [-0.15, -0.1) is 0 Å². The van der Waals surface area contributed by atoms with Crippen molar-refractivity contribution in [1.82, 2.24) is 5.32 Å². The van der Waals surface area contributed by atoms with Crippen LogP contribution < -0.4 is 5.32 Å². The van der Waals surface area contributed by atoms with E-state index in [-0.39, 0.29) is 18.8 Å². The molecular formula is C15H21FN2O3. The van der Waals surface area contributed by atoms with Gasteiger partial charge in [0, 0.05) is 23.7 Å². The predicted octanol–water partition coefficient (Wildman–Crippen LogP) is 2.76. The molecule has 1 aliphatic rings. The van der Waals surface area contributed by atoms with Crippen molar-refractivity contribution in [2.24, 2.45) is 5.92 Å². The van der Waals surface area contributed by atoms with Gasteiger partial charge in [0.05, 0.1) is 11.5 Å². The van der Waals surface area contributed by atoms with E-state index >= 15 is 0 Å². The molecule has 1 fully saturated rings. The number of hydrogen-bond acceptors (Lipinski definition) is 4. The summed E-state index contributed by atoms with van der Waals surface area (Å²) >= 11 is 0. The van der Waals surface area contributed by atoms with Crippen molar-refractivity contribution in [3.8, 4) is 0 Å². The zero-order valence-electron chi connectivity index (χ0n) is 12.1. The van der Waals surface area contributed by atoms with Crippen LogP contribution in [-0.2, 0) is 6.54 Å². The number of aliphatic hydroxyl groups excluding tert-OH is 1. The second-order valence-corrected chi connectivity index (χ2v) is 6.02. The summed E-state index contributed by atoms with van der Waals surface area (Å²) in [5.41, 5.74) is -0.204. The molecule has 0 aliphatic heterocycles. The van der Waals surface area contributed by atoms with Crippen LogP contribution in [0.15, 0.2) is 18.2 Å². The van der Waals surface area contributed by atoms with Gasteiger partial charge in [-0.1, -0.05) is 19.8 Å². The summed E-state index contributed by atoms with van der Waals surface area (Å²) in [5.74, 6) is 0.00774. The summed E-state index contributed by atoms with van der Waals surface area (Å²) in [5, 5.41) is 23.9. The third-order valence-electron chi connectivity index (χ3n) is 4.29. The Labute approximate surface area is 123 Å². The summed E-state index contributed by atoms with van der Waals surface area (Å²) in [6.45, 7) is 2.30. The van der Waals surface area contributed by atoms with E-state index in [1.807, 2.05) is 0 Å². The maximum Gasteiger partial charge on any atom is 0.274 e. The number of rotatable bonds is 5. The average Bonchev–Trinajstić information content (AvgIpc) is 2.45. The van der Waals surface area contributed by atoms with Crippen molar-refractivity contribution in [1.29, 1.82) is 0 Å². The molecule has 6 heteroatoms. The van der Waals surface area contributed by atoms with Gasteiger partial charge in [0.25, 0.3) is 5.69 Å². The van der Waals surface area contributed by atoms with Crippen LogP contribution in [0, 0.1) is 21.8 Å². The van der Waals surface area contributed by atoms with Crippen LogP contribution in [0.2, 0.25) is 0 Å². The third kappa shape index (κ3) is 3.77. The summed E-state index contributed by atoms with van der Waals surface area (Å²) < 4.78 is 13.3. The fourth-order valence-electron chi connectivity index (χ4n) is 3.18. The first-order valence-corrected chi connectivity index (χ1v) is 7.24. The van der Waals surface area contributed by atoms with Crippen molar-refractivity contribution in [3.05, 3.63) is 39.7 Å². The van der Waals surface area contributed by atoms with Crippen molar-refractivity contribution in [3.63, 3.8) is 0 Å². The number of nitrogens with one attached hydrogen (secondary N) is 1. The molecule has 21 heavy (non-hydrogen) atoms. The first-order chi connectivity index (χ1) is 9.96. The highest BCUT2D eigenvalue weighted by molar-refractivity contribution is 5.40. The third-order valence-corrected chi connectivity index (χ3v) is 4.29. The SMILES string of the molecule is CC1CCCC(CO)(NCc2cc(F)ccc2[N+](=O)[O-])C1. The molecule has 2 N–H and O–H groups in total. The van der Waals surface area contributed by atoms with Crippen LogP contribution >= 0.6 is 0 Å². The minimum absolute atomic E-state index is 0.0134. The molecule has 0 amide bonds. The van der Waals surface area contributed by atoms with E-state index in [0.717, 1.165) is 31.7 Å². The van der Waals surface area contributed by atoms with Gasteiger partial charge in [-0.3, -0.25) is 10.1 Å². The average molecular weight is 296 g/mol. The standard InChI is InChI=1S/C15H21FN2O3/c1-11-3-2-6-15(8-11,10-19)17-9-12-7-13(16)4-5-14(12)18(20)21/h4-5,7,11,17,19H,2-3,6,8-10H2,1H3. The van der Waals surface area contributed by atoms with Gasteiger partial charge >= 0.3 is 0 Å². The molecule has 2 rings (SSSR count). The normalized spacial score (nSPS) is 25.8. The van der Waals surface area contributed by atoms with Gasteiger partial charge in [-0.25, -0.2) is 4.39 Å². The maximum atomic E-state index is 13.3. The second kappa shape index (κ2) is 6.49. The summed E-state index contributed by atoms with van der Waals surface area (Å²) in [6.07, 6.45) is 3.80. The molecule has 1 aliphatic carbocycles. The highest BCUT2D eigenvalue weighted by Crippen LogP contribution is 2.32. The fourth-order valence-corrected chi connectivity index (χ4v) is 3.18. The lowest BCUT2D eigenvalue weighted by Gasteiger charge is -2.39. The first-order valence-electron chi connectivity index (χ1n) is 7.24. The molecule has 1 aromatic rings. The number of nitrogens with zero attached hydrogens (tertiary/aromatic N) is 1. The number of hydrogen-bond donors (Lipinski definition) is 2. The number of benzene rings is 1. The number of nitro benzene ring substituents is 1. The van der Waals surface area contributed by atoms with E-state index in [1.165, 1.54) is 12.1 Å². The lowest BCUT2D eigenvalue weighted by Crippen LogP contribution is -2.51. The van der Waals surface area contributed by atoms with Crippen LogP contribution in [0.25, 0.3) is 0 Å². The van der Waals surface area contributed by atoms with Gasteiger partial charge in [0.2, 0.25) is 0 Å². The molecule has 1 saturated carbocycles. The molecule has 5 nitrogen and oxygen atoms in total. The Balaban J connectivity index is 2.14. The summed E-state index contributed by atoms with van der Waals surface area (Å²) in [6, 6.07) is 3.45. The van der Waals surface area contributed by atoms with Crippen molar-refractivity contribution in [2.75, 3.05) is 6.61 Å². The molecule has 0 saturated heterocycles. The maximum absolute atomic E-state index is 13.3. The van der Waals surface area contributed by atoms with E-state index < -0.39 is 16.3 Å². The molecule has 2 unspecified atom stereocenters. The first kappa shape index (κ1) is 15.9. The molecule has 1 aromatic carbocycles. The van der Waals surface area contributed by atoms with Crippen molar-refractivity contribution < 1.29 is 14.4 Å². The number of nitro groups is 1. The predicted molar refractivity (Wildman–Crippen MR) is 77.3 cm³/mol. The van der Waals surface area contributed by atoms with E-state index in [0.29, 0.717) is 11.5 Å². The molecular weight excluding hydrogens is 275 g/mol. The second-order valence-electron chi connectivity index (χ2n) is 6.02. The van der Waals surface area contributed by atoms with E-state index in [2.05, 4.69) is 12.2 Å². The van der Waals surface area contributed by atoms with Crippen LogP contribution in [-0.4, -0.2) is 22.2 Å². The van der Waals surface area contributed by atoms with Crippen LogP contribution in [0.3, 0.4) is 0 Å². The van der Waals surface area contributed by atoms with Crippen molar-refractivity contribution in [2.45, 2.75) is 44.7 Å². The molecule has 0 spiro atoms. The Bertz CT molecular complexity index is 524. The van der Waals surface area contributed by atoms with Gasteiger partial charge in [-0.05, 0) is 30.9 Å². The quantitative estimate of drug-likeness (QED) is 0.647. The van der Waals surface area contributed by atoms with Gasteiger partial charge in [0.1, 0.15) is 5.82 Å². The molecule has 0 bridgehead atoms. The zero-order valence-corrected chi connectivity index (χ0v) is 12.1. The molecule has 0 heterocycles. The summed E-state index contributed by atoms with van der Waals surface area (Å²) in [7, 11) is 0. The lowest BCUT2D eigenvalue weighted by molar-refractivity contribution is -0.385. The van der Waals surface area contributed by atoms with Crippen molar-refractivity contribution >= 4 is 5.69 Å². The van der Waals surface area contributed by atoms with Crippen LogP contribution in [0.5, 0.6) is 0 Å². The monoisotopic (exact) mass is 296 g/mol. The minimum atomic E-state index is -0.508. The van der Waals surface area contributed by atoms with E-state index in [9.17, 15) is 19.6 Å². The highest BCUT2D eigenvalue weighted by Gasteiger charge is 2.34. The molecule has 0 radical (unpaired) electrons. The number of aliphatic hydroxyl groups is 1. The van der Waals surface area contributed by atoms with E-state index in [4.69, 9.17) is 0 Å². The van der Waals surface area contributed by atoms with Gasteiger partial charge in [0.15, 0.2) is 0 Å².